The molecule has 106 valence electrons. The van der Waals surface area contributed by atoms with Gasteiger partial charge < -0.3 is 10.0 Å². The van der Waals surface area contributed by atoms with E-state index in [1.54, 1.807) is 0 Å². The van der Waals surface area contributed by atoms with Crippen molar-refractivity contribution in [2.75, 3.05) is 13.1 Å². The summed E-state index contributed by atoms with van der Waals surface area (Å²) in [4.78, 5) is 13.0. The summed E-state index contributed by atoms with van der Waals surface area (Å²) in [7, 11) is 0. The van der Waals surface area contributed by atoms with Crippen LogP contribution in [0.1, 0.15) is 33.1 Å². The van der Waals surface area contributed by atoms with E-state index in [1.807, 2.05) is 0 Å². The number of halogens is 3. The van der Waals surface area contributed by atoms with Gasteiger partial charge in [-0.25, -0.2) is 0 Å². The number of piperidine rings is 1. The average Bonchev–Trinajstić information content (AvgIpc) is 2.27. The lowest BCUT2D eigenvalue weighted by Gasteiger charge is -2.34. The van der Waals surface area contributed by atoms with Crippen molar-refractivity contribution >= 4 is 5.91 Å². The second-order valence-electron chi connectivity index (χ2n) is 5.22. The summed E-state index contributed by atoms with van der Waals surface area (Å²) >= 11 is 0. The Kier molecular flexibility index (Phi) is 5.01. The largest absolute Gasteiger partial charge is 0.414 e. The van der Waals surface area contributed by atoms with Crippen LogP contribution in [0.2, 0.25) is 0 Å². The van der Waals surface area contributed by atoms with E-state index in [-0.39, 0.29) is 0 Å². The number of likely N-dealkylation sites (tertiary alicyclic amines) is 1. The summed E-state index contributed by atoms with van der Waals surface area (Å²) < 4.78 is 36.4. The quantitative estimate of drug-likeness (QED) is 0.851. The molecule has 1 fully saturated rings. The molecule has 1 atom stereocenters. The summed E-state index contributed by atoms with van der Waals surface area (Å²) in [5, 5.41) is 8.85. The molecule has 1 rings (SSSR count). The fourth-order valence-corrected chi connectivity index (χ4v) is 2.23. The predicted octanol–water partition coefficient (Wildman–Crippen LogP) is 2.19. The Morgan fingerprint density at radius 1 is 1.33 bits per heavy atom. The van der Waals surface area contributed by atoms with Gasteiger partial charge in [-0.05, 0) is 24.7 Å². The van der Waals surface area contributed by atoms with E-state index in [1.165, 1.54) is 4.90 Å². The third-order valence-electron chi connectivity index (χ3n) is 3.58. The van der Waals surface area contributed by atoms with Gasteiger partial charge in [0, 0.05) is 13.1 Å². The molecule has 3 nitrogen and oxygen atoms in total. The van der Waals surface area contributed by atoms with E-state index in [0.29, 0.717) is 24.9 Å². The smallest absolute Gasteiger partial charge is 0.383 e. The Labute approximate surface area is 105 Å². The number of alkyl halides is 3. The monoisotopic (exact) mass is 267 g/mol. The van der Waals surface area contributed by atoms with Gasteiger partial charge in [0.15, 0.2) is 6.10 Å². The number of aliphatic hydroxyl groups excluding tert-OH is 1. The first-order chi connectivity index (χ1) is 8.21. The zero-order valence-corrected chi connectivity index (χ0v) is 10.7. The molecule has 0 aliphatic carbocycles. The topological polar surface area (TPSA) is 40.5 Å². The maximum Gasteiger partial charge on any atom is 0.414 e. The predicted molar refractivity (Wildman–Crippen MR) is 60.8 cm³/mol. The highest BCUT2D eigenvalue weighted by Crippen LogP contribution is 2.26. The Morgan fingerprint density at radius 2 is 1.83 bits per heavy atom. The Bertz CT molecular complexity index is 284. The summed E-state index contributed by atoms with van der Waals surface area (Å²) in [6.07, 6.45) is -6.48. The summed E-state index contributed by atoms with van der Waals surface area (Å²) in [5.74, 6) is 0.451. The maximum atomic E-state index is 12.1. The lowest BCUT2D eigenvalue weighted by Crippen LogP contribution is -2.42. The average molecular weight is 267 g/mol. The highest BCUT2D eigenvalue weighted by Gasteiger charge is 2.40. The second kappa shape index (κ2) is 5.91. The number of hydrogen-bond donors (Lipinski definition) is 1. The van der Waals surface area contributed by atoms with Gasteiger partial charge in [0.05, 0.1) is 6.42 Å². The van der Waals surface area contributed by atoms with Crippen LogP contribution in [-0.2, 0) is 4.79 Å². The van der Waals surface area contributed by atoms with Gasteiger partial charge in [-0.1, -0.05) is 13.8 Å². The van der Waals surface area contributed by atoms with Crippen LogP contribution in [0.15, 0.2) is 0 Å². The van der Waals surface area contributed by atoms with Crippen molar-refractivity contribution in [1.82, 2.24) is 4.90 Å². The molecule has 1 aliphatic rings. The highest BCUT2D eigenvalue weighted by molar-refractivity contribution is 5.76. The Morgan fingerprint density at radius 3 is 2.22 bits per heavy atom. The van der Waals surface area contributed by atoms with Crippen LogP contribution in [0.4, 0.5) is 13.2 Å². The zero-order valence-electron chi connectivity index (χ0n) is 10.7. The van der Waals surface area contributed by atoms with Crippen LogP contribution in [0.5, 0.6) is 0 Å². The number of nitrogens with zero attached hydrogens (tertiary/aromatic N) is 1. The van der Waals surface area contributed by atoms with E-state index in [4.69, 9.17) is 5.11 Å². The first kappa shape index (κ1) is 15.3. The van der Waals surface area contributed by atoms with E-state index in [2.05, 4.69) is 13.8 Å². The van der Waals surface area contributed by atoms with E-state index >= 15 is 0 Å². The molecule has 1 unspecified atom stereocenters. The van der Waals surface area contributed by atoms with Crippen molar-refractivity contribution in [2.24, 2.45) is 11.8 Å². The fourth-order valence-electron chi connectivity index (χ4n) is 2.23. The van der Waals surface area contributed by atoms with Gasteiger partial charge in [-0.15, -0.1) is 0 Å². The first-order valence-electron chi connectivity index (χ1n) is 6.24. The second-order valence-corrected chi connectivity index (χ2v) is 5.22. The van der Waals surface area contributed by atoms with E-state index < -0.39 is 24.6 Å². The van der Waals surface area contributed by atoms with E-state index in [0.717, 1.165) is 12.8 Å². The minimum Gasteiger partial charge on any atom is -0.383 e. The summed E-state index contributed by atoms with van der Waals surface area (Å²) in [6, 6.07) is 0. The van der Waals surface area contributed by atoms with Gasteiger partial charge in [0.25, 0.3) is 0 Å². The molecule has 0 aromatic heterocycles. The van der Waals surface area contributed by atoms with Crippen molar-refractivity contribution in [3.8, 4) is 0 Å². The maximum absolute atomic E-state index is 12.1. The molecule has 1 amide bonds. The Hall–Kier alpha value is -0.780. The fraction of sp³-hybridized carbons (Fsp3) is 0.917. The van der Waals surface area contributed by atoms with Crippen LogP contribution < -0.4 is 0 Å². The molecule has 0 aromatic rings. The van der Waals surface area contributed by atoms with Crippen molar-refractivity contribution in [2.45, 2.75) is 45.4 Å². The van der Waals surface area contributed by atoms with Crippen LogP contribution in [0, 0.1) is 11.8 Å². The van der Waals surface area contributed by atoms with Crippen molar-refractivity contribution in [3.05, 3.63) is 0 Å². The number of carbonyl (C=O) groups is 1. The highest BCUT2D eigenvalue weighted by atomic mass is 19.4. The summed E-state index contributed by atoms with van der Waals surface area (Å²) in [5.41, 5.74) is 0. The van der Waals surface area contributed by atoms with Gasteiger partial charge >= 0.3 is 6.18 Å². The van der Waals surface area contributed by atoms with Crippen LogP contribution in [0.3, 0.4) is 0 Å². The molecule has 0 bridgehead atoms. The molecule has 18 heavy (non-hydrogen) atoms. The molecular weight excluding hydrogens is 247 g/mol. The SMILES string of the molecule is CC(C)C1CCN(C(=O)CC(O)C(F)(F)F)CC1. The van der Waals surface area contributed by atoms with Gasteiger partial charge in [-0.3, -0.25) is 4.79 Å². The van der Waals surface area contributed by atoms with Gasteiger partial charge in [0.2, 0.25) is 5.91 Å². The first-order valence-corrected chi connectivity index (χ1v) is 6.24. The number of aliphatic hydroxyl groups is 1. The molecule has 1 aliphatic heterocycles. The molecule has 0 aromatic carbocycles. The van der Waals surface area contributed by atoms with E-state index in [9.17, 15) is 18.0 Å². The number of rotatable bonds is 3. The van der Waals surface area contributed by atoms with Gasteiger partial charge in [0.1, 0.15) is 0 Å². The van der Waals surface area contributed by atoms with Gasteiger partial charge in [-0.2, -0.15) is 13.2 Å². The third kappa shape index (κ3) is 4.15. The lowest BCUT2D eigenvalue weighted by atomic mass is 9.86. The third-order valence-corrected chi connectivity index (χ3v) is 3.58. The molecular formula is C12H20F3NO2. The summed E-state index contributed by atoms with van der Waals surface area (Å²) in [6.45, 7) is 5.20. The van der Waals surface area contributed by atoms with Crippen LogP contribution >= 0.6 is 0 Å². The normalized spacial score (nSPS) is 20.3. The molecule has 1 heterocycles. The van der Waals surface area contributed by atoms with Crippen molar-refractivity contribution in [3.63, 3.8) is 0 Å². The Balaban J connectivity index is 2.41. The van der Waals surface area contributed by atoms with Crippen LogP contribution in [-0.4, -0.2) is 41.3 Å². The van der Waals surface area contributed by atoms with Crippen LogP contribution in [0.25, 0.3) is 0 Å². The molecule has 0 radical (unpaired) electrons. The zero-order chi connectivity index (χ0) is 13.9. The van der Waals surface area contributed by atoms with Crippen molar-refractivity contribution < 1.29 is 23.1 Å². The molecule has 1 N–H and O–H groups in total. The minimum atomic E-state index is -4.72. The number of amides is 1. The lowest BCUT2D eigenvalue weighted by molar-refractivity contribution is -0.207. The molecule has 0 saturated carbocycles. The molecule has 1 saturated heterocycles. The number of hydrogen-bond acceptors (Lipinski definition) is 2. The molecule has 6 heteroatoms. The molecule has 0 spiro atoms. The standard InChI is InChI=1S/C12H20F3NO2/c1-8(2)9-3-5-16(6-4-9)11(18)7-10(17)12(13,14)15/h8-10,17H,3-7H2,1-2H3. The van der Waals surface area contributed by atoms with Crippen molar-refractivity contribution in [1.29, 1.82) is 0 Å². The minimum absolute atomic E-state index is 0.492. The number of carbonyl (C=O) groups excluding carboxylic acids is 1.